The number of esters is 1. The van der Waals surface area contributed by atoms with Crippen LogP contribution in [0.25, 0.3) is 0 Å². The Morgan fingerprint density at radius 2 is 2.24 bits per heavy atom. The monoisotopic (exact) mass is 293 g/mol. The van der Waals surface area contributed by atoms with Crippen LogP contribution in [-0.4, -0.2) is 30.0 Å². The molecule has 0 radical (unpaired) electrons. The van der Waals surface area contributed by atoms with Gasteiger partial charge in [0, 0.05) is 12.1 Å². The third kappa shape index (κ3) is 4.03. The van der Waals surface area contributed by atoms with Crippen LogP contribution in [-0.2, 0) is 9.53 Å². The van der Waals surface area contributed by atoms with E-state index in [9.17, 15) is 19.7 Å². The minimum atomic E-state index is -0.894. The molecule has 1 rings (SSSR count). The van der Waals surface area contributed by atoms with Crippen molar-refractivity contribution in [2.45, 2.75) is 12.5 Å². The van der Waals surface area contributed by atoms with Crippen molar-refractivity contribution in [1.82, 2.24) is 5.32 Å². The number of hydrogen-bond donors (Lipinski definition) is 2. The van der Waals surface area contributed by atoms with Gasteiger partial charge in [0.2, 0.25) is 0 Å². The quantitative estimate of drug-likeness (QED) is 0.265. The number of carbonyl (C=O) groups is 2. The first-order valence-electron chi connectivity index (χ1n) is 5.94. The Morgan fingerprint density at radius 1 is 1.57 bits per heavy atom. The first-order chi connectivity index (χ1) is 9.90. The maximum atomic E-state index is 12.0. The van der Waals surface area contributed by atoms with Crippen molar-refractivity contribution in [2.75, 3.05) is 12.8 Å². The van der Waals surface area contributed by atoms with E-state index in [4.69, 9.17) is 5.73 Å². The molecule has 8 heteroatoms. The molecule has 1 aromatic carbocycles. The molecular formula is C13H15N3O5. The number of non-ortho nitro benzene ring substituents is 1. The number of nitrogens with zero attached hydrogens (tertiary/aromatic N) is 1. The van der Waals surface area contributed by atoms with Crippen molar-refractivity contribution in [3.63, 3.8) is 0 Å². The van der Waals surface area contributed by atoms with Crippen molar-refractivity contribution >= 4 is 23.3 Å². The third-order valence-electron chi connectivity index (χ3n) is 2.68. The SMILES string of the molecule is C=CCC(NC(=O)c1ccc([N+](=O)[O-])cc1N)C(=O)OC. The summed E-state index contributed by atoms with van der Waals surface area (Å²) in [5.41, 5.74) is 5.38. The van der Waals surface area contributed by atoms with Gasteiger partial charge in [0.25, 0.3) is 11.6 Å². The number of nitro benzene ring substituents is 1. The number of anilines is 1. The van der Waals surface area contributed by atoms with E-state index in [0.29, 0.717) is 0 Å². The molecule has 0 fully saturated rings. The summed E-state index contributed by atoms with van der Waals surface area (Å²) >= 11 is 0. The van der Waals surface area contributed by atoms with E-state index in [1.807, 2.05) is 0 Å². The highest BCUT2D eigenvalue weighted by atomic mass is 16.6. The van der Waals surface area contributed by atoms with Crippen molar-refractivity contribution in [3.05, 3.63) is 46.5 Å². The highest BCUT2D eigenvalue weighted by molar-refractivity contribution is 6.01. The second-order valence-electron chi connectivity index (χ2n) is 4.10. The number of hydrogen-bond acceptors (Lipinski definition) is 6. The predicted molar refractivity (Wildman–Crippen MR) is 75.6 cm³/mol. The Hall–Kier alpha value is -2.90. The Morgan fingerprint density at radius 3 is 2.71 bits per heavy atom. The van der Waals surface area contributed by atoms with Crippen molar-refractivity contribution < 1.29 is 19.2 Å². The summed E-state index contributed by atoms with van der Waals surface area (Å²) in [5, 5.41) is 13.0. The van der Waals surface area contributed by atoms with Crippen LogP contribution in [0.5, 0.6) is 0 Å². The Balaban J connectivity index is 2.95. The highest BCUT2D eigenvalue weighted by Crippen LogP contribution is 2.19. The van der Waals surface area contributed by atoms with Gasteiger partial charge in [0.1, 0.15) is 6.04 Å². The lowest BCUT2D eigenvalue weighted by Crippen LogP contribution is -2.41. The number of nitrogen functional groups attached to an aromatic ring is 1. The molecule has 1 atom stereocenters. The van der Waals surface area contributed by atoms with Gasteiger partial charge in [-0.3, -0.25) is 14.9 Å². The fourth-order valence-corrected chi connectivity index (χ4v) is 1.63. The topological polar surface area (TPSA) is 125 Å². The van der Waals surface area contributed by atoms with Gasteiger partial charge < -0.3 is 15.8 Å². The molecule has 0 aliphatic carbocycles. The molecular weight excluding hydrogens is 278 g/mol. The highest BCUT2D eigenvalue weighted by Gasteiger charge is 2.22. The van der Waals surface area contributed by atoms with Crippen molar-refractivity contribution in [3.8, 4) is 0 Å². The zero-order chi connectivity index (χ0) is 16.0. The maximum Gasteiger partial charge on any atom is 0.328 e. The maximum absolute atomic E-state index is 12.0. The van der Waals surface area contributed by atoms with Crippen LogP contribution in [0.1, 0.15) is 16.8 Å². The van der Waals surface area contributed by atoms with Gasteiger partial charge in [0.05, 0.1) is 23.3 Å². The zero-order valence-corrected chi connectivity index (χ0v) is 11.4. The molecule has 8 nitrogen and oxygen atoms in total. The lowest BCUT2D eigenvalue weighted by molar-refractivity contribution is -0.384. The lowest BCUT2D eigenvalue weighted by atomic mass is 10.1. The van der Waals surface area contributed by atoms with Crippen LogP contribution < -0.4 is 11.1 Å². The van der Waals surface area contributed by atoms with Crippen molar-refractivity contribution in [2.24, 2.45) is 0 Å². The van der Waals surface area contributed by atoms with E-state index < -0.39 is 22.8 Å². The molecule has 21 heavy (non-hydrogen) atoms. The zero-order valence-electron chi connectivity index (χ0n) is 11.4. The van der Waals surface area contributed by atoms with Gasteiger partial charge in [-0.25, -0.2) is 4.79 Å². The van der Waals surface area contributed by atoms with E-state index in [1.165, 1.54) is 19.3 Å². The summed E-state index contributed by atoms with van der Waals surface area (Å²) in [7, 11) is 1.20. The lowest BCUT2D eigenvalue weighted by Gasteiger charge is -2.15. The van der Waals surface area contributed by atoms with Crippen LogP contribution in [0.2, 0.25) is 0 Å². The summed E-state index contributed by atoms with van der Waals surface area (Å²) in [5.74, 6) is -1.25. The number of benzene rings is 1. The minimum Gasteiger partial charge on any atom is -0.467 e. The summed E-state index contributed by atoms with van der Waals surface area (Å²) < 4.78 is 4.56. The van der Waals surface area contributed by atoms with Gasteiger partial charge in [0.15, 0.2) is 0 Å². The van der Waals surface area contributed by atoms with Gasteiger partial charge in [-0.1, -0.05) is 6.08 Å². The molecule has 0 aliphatic heterocycles. The van der Waals surface area contributed by atoms with Crippen LogP contribution in [0.4, 0.5) is 11.4 Å². The van der Waals surface area contributed by atoms with E-state index in [-0.39, 0.29) is 23.4 Å². The Bertz CT molecular complexity index is 585. The fraction of sp³-hybridized carbons (Fsp3) is 0.231. The number of amides is 1. The number of methoxy groups -OCH3 is 1. The molecule has 1 amide bonds. The number of nitrogens with two attached hydrogens (primary N) is 1. The normalized spacial score (nSPS) is 11.3. The molecule has 1 aromatic rings. The summed E-state index contributed by atoms with van der Waals surface area (Å²) in [6, 6.07) is 2.57. The van der Waals surface area contributed by atoms with E-state index in [2.05, 4.69) is 16.6 Å². The number of carbonyl (C=O) groups excluding carboxylic acids is 2. The minimum absolute atomic E-state index is 0.0403. The van der Waals surface area contributed by atoms with E-state index >= 15 is 0 Å². The molecule has 112 valence electrons. The molecule has 1 unspecified atom stereocenters. The second-order valence-corrected chi connectivity index (χ2v) is 4.10. The first-order valence-corrected chi connectivity index (χ1v) is 5.94. The molecule has 0 saturated heterocycles. The Kier molecular flexibility index (Phi) is 5.41. The number of rotatable bonds is 6. The average Bonchev–Trinajstić information content (AvgIpc) is 2.45. The van der Waals surface area contributed by atoms with Crippen molar-refractivity contribution in [1.29, 1.82) is 0 Å². The fourth-order valence-electron chi connectivity index (χ4n) is 1.63. The average molecular weight is 293 g/mol. The molecule has 0 aromatic heterocycles. The summed E-state index contributed by atoms with van der Waals surface area (Å²) in [6.07, 6.45) is 1.65. The van der Waals surface area contributed by atoms with Crippen LogP contribution in [0.15, 0.2) is 30.9 Å². The molecule has 0 aliphatic rings. The van der Waals surface area contributed by atoms with Gasteiger partial charge >= 0.3 is 5.97 Å². The van der Waals surface area contributed by atoms with Crippen LogP contribution in [0, 0.1) is 10.1 Å². The molecule has 0 spiro atoms. The number of nitrogens with one attached hydrogen (secondary N) is 1. The van der Waals surface area contributed by atoms with Gasteiger partial charge in [-0.15, -0.1) is 6.58 Å². The van der Waals surface area contributed by atoms with E-state index in [0.717, 1.165) is 12.1 Å². The molecule has 0 heterocycles. The third-order valence-corrected chi connectivity index (χ3v) is 2.68. The summed E-state index contributed by atoms with van der Waals surface area (Å²) in [6.45, 7) is 3.49. The molecule has 3 N–H and O–H groups in total. The first kappa shape index (κ1) is 16.2. The Labute approximate surface area is 120 Å². The van der Waals surface area contributed by atoms with Gasteiger partial charge in [-0.05, 0) is 12.5 Å². The van der Waals surface area contributed by atoms with Gasteiger partial charge in [-0.2, -0.15) is 0 Å². The molecule has 0 saturated carbocycles. The summed E-state index contributed by atoms with van der Waals surface area (Å²) in [4.78, 5) is 33.5. The van der Waals surface area contributed by atoms with E-state index in [1.54, 1.807) is 0 Å². The molecule has 0 bridgehead atoms. The van der Waals surface area contributed by atoms with Crippen LogP contribution >= 0.6 is 0 Å². The number of ether oxygens (including phenoxy) is 1. The smallest absolute Gasteiger partial charge is 0.328 e. The number of nitro groups is 1. The standard InChI is InChI=1S/C13H15N3O5/c1-3-4-11(13(18)21-2)15-12(17)9-6-5-8(16(19)20)7-10(9)14/h3,5-7,11H,1,4,14H2,2H3,(H,15,17). The van der Waals surface area contributed by atoms with Crippen LogP contribution in [0.3, 0.4) is 0 Å². The predicted octanol–water partition coefficient (Wildman–Crippen LogP) is 1.02. The largest absolute Gasteiger partial charge is 0.467 e. The second kappa shape index (κ2) is 7.04.